The molecule has 2 nitrogen and oxygen atoms in total. The lowest BCUT2D eigenvalue weighted by Gasteiger charge is -1.98. The third kappa shape index (κ3) is 3.63. The molecule has 11 heavy (non-hydrogen) atoms. The van der Waals surface area contributed by atoms with Crippen molar-refractivity contribution < 1.29 is 4.79 Å². The van der Waals surface area contributed by atoms with Gasteiger partial charge in [0.05, 0.1) is 10.7 Å². The minimum Gasteiger partial charge on any atom is -0.327 e. The fourth-order valence-corrected chi connectivity index (χ4v) is 0.783. The Bertz CT molecular complexity index is 206. The van der Waals surface area contributed by atoms with E-state index in [9.17, 15) is 4.79 Å². The molecule has 0 atom stereocenters. The fraction of sp³-hybridized carbons (Fsp3) is 0.125. The van der Waals surface area contributed by atoms with Gasteiger partial charge in [-0.05, 0) is 19.1 Å². The van der Waals surface area contributed by atoms with E-state index >= 15 is 0 Å². The molecule has 0 rings (SSSR count). The van der Waals surface area contributed by atoms with Crippen LogP contribution in [0.15, 0.2) is 35.5 Å². The zero-order chi connectivity index (χ0) is 8.69. The molecule has 0 unspecified atom stereocenters. The normalized spacial score (nSPS) is 12.5. The topological polar surface area (TPSA) is 29.1 Å². The Hall–Kier alpha value is -1.02. The van der Waals surface area contributed by atoms with Gasteiger partial charge in [0.2, 0.25) is 6.41 Å². The largest absolute Gasteiger partial charge is 0.327 e. The monoisotopic (exact) mass is 171 g/mol. The van der Waals surface area contributed by atoms with Gasteiger partial charge in [-0.2, -0.15) is 0 Å². The van der Waals surface area contributed by atoms with Crippen molar-refractivity contribution in [2.45, 2.75) is 6.92 Å². The Balaban J connectivity index is 4.51. The summed E-state index contributed by atoms with van der Waals surface area (Å²) in [5.41, 5.74) is 0.514. The quantitative estimate of drug-likeness (QED) is 0.509. The Morgan fingerprint density at radius 2 is 2.27 bits per heavy atom. The number of allylic oxidation sites excluding steroid dienone is 4. The van der Waals surface area contributed by atoms with Gasteiger partial charge in [0.25, 0.3) is 0 Å². The first-order valence-corrected chi connectivity index (χ1v) is 3.49. The van der Waals surface area contributed by atoms with Gasteiger partial charge in [0, 0.05) is 0 Å². The van der Waals surface area contributed by atoms with Crippen molar-refractivity contribution in [3.8, 4) is 0 Å². The van der Waals surface area contributed by atoms with Crippen LogP contribution >= 0.6 is 11.6 Å². The summed E-state index contributed by atoms with van der Waals surface area (Å²) in [6.07, 6.45) is 5.49. The summed E-state index contributed by atoms with van der Waals surface area (Å²) in [5.74, 6) is 0. The van der Waals surface area contributed by atoms with E-state index < -0.39 is 0 Å². The molecule has 0 aromatic heterocycles. The molecule has 0 aromatic rings. The van der Waals surface area contributed by atoms with Gasteiger partial charge in [-0.1, -0.05) is 24.3 Å². The van der Waals surface area contributed by atoms with E-state index in [-0.39, 0.29) is 0 Å². The van der Waals surface area contributed by atoms with Gasteiger partial charge >= 0.3 is 0 Å². The number of amides is 1. The molecule has 0 spiro atoms. The van der Waals surface area contributed by atoms with E-state index in [0.29, 0.717) is 17.1 Å². The maximum atomic E-state index is 10.0. The summed E-state index contributed by atoms with van der Waals surface area (Å²) in [5, 5.41) is 2.88. The minimum absolute atomic E-state index is 0.467. The number of carbonyl (C=O) groups is 1. The molecule has 60 valence electrons. The number of halogens is 1. The maximum absolute atomic E-state index is 10.0. The maximum Gasteiger partial charge on any atom is 0.211 e. The third-order valence-electron chi connectivity index (χ3n) is 0.989. The highest BCUT2D eigenvalue weighted by molar-refractivity contribution is 6.31. The van der Waals surface area contributed by atoms with Crippen molar-refractivity contribution in [2.24, 2.45) is 0 Å². The number of carbonyl (C=O) groups excluding carboxylic acids is 1. The number of rotatable bonds is 4. The van der Waals surface area contributed by atoms with Crippen LogP contribution in [0.25, 0.3) is 0 Å². The highest BCUT2D eigenvalue weighted by Crippen LogP contribution is 2.08. The molecule has 3 heteroatoms. The molecule has 1 amide bonds. The summed E-state index contributed by atoms with van der Waals surface area (Å²) < 4.78 is 0. The lowest BCUT2D eigenvalue weighted by molar-refractivity contribution is -0.108. The smallest absolute Gasteiger partial charge is 0.211 e. The van der Waals surface area contributed by atoms with Crippen LogP contribution in [0.1, 0.15) is 6.92 Å². The van der Waals surface area contributed by atoms with Crippen LogP contribution in [-0.4, -0.2) is 6.41 Å². The second-order valence-corrected chi connectivity index (χ2v) is 2.14. The van der Waals surface area contributed by atoms with E-state index in [0.717, 1.165) is 0 Å². The van der Waals surface area contributed by atoms with Crippen LogP contribution in [-0.2, 0) is 4.79 Å². The molecule has 0 saturated heterocycles. The SMILES string of the molecule is C=C/C(NC=O)=C(Cl)\C=C/C. The van der Waals surface area contributed by atoms with Crippen molar-refractivity contribution in [1.82, 2.24) is 5.32 Å². The fourth-order valence-electron chi connectivity index (χ4n) is 0.525. The lowest BCUT2D eigenvalue weighted by atomic mass is 10.3. The average molecular weight is 172 g/mol. The highest BCUT2D eigenvalue weighted by Gasteiger charge is 1.93. The minimum atomic E-state index is 0.467. The first kappa shape index (κ1) is 9.98. The highest BCUT2D eigenvalue weighted by atomic mass is 35.5. The molecule has 0 saturated carbocycles. The molecule has 0 radical (unpaired) electrons. The molecular weight excluding hydrogens is 162 g/mol. The predicted octanol–water partition coefficient (Wildman–Crippen LogP) is 1.94. The first-order valence-electron chi connectivity index (χ1n) is 3.11. The number of hydrogen-bond acceptors (Lipinski definition) is 1. The average Bonchev–Trinajstić information content (AvgIpc) is 2.00. The van der Waals surface area contributed by atoms with Crippen LogP contribution in [0.5, 0.6) is 0 Å². The van der Waals surface area contributed by atoms with Crippen molar-refractivity contribution in [2.75, 3.05) is 0 Å². The summed E-state index contributed by atoms with van der Waals surface area (Å²) in [6.45, 7) is 5.32. The number of nitrogens with one attached hydrogen (secondary N) is 1. The van der Waals surface area contributed by atoms with Crippen molar-refractivity contribution in [1.29, 1.82) is 0 Å². The van der Waals surface area contributed by atoms with Gasteiger partial charge < -0.3 is 5.32 Å². The second kappa shape index (κ2) is 5.74. The van der Waals surface area contributed by atoms with Gasteiger partial charge in [-0.15, -0.1) is 0 Å². The van der Waals surface area contributed by atoms with Crippen molar-refractivity contribution in [3.05, 3.63) is 35.5 Å². The van der Waals surface area contributed by atoms with E-state index in [1.807, 2.05) is 6.92 Å². The van der Waals surface area contributed by atoms with Crippen molar-refractivity contribution >= 4 is 18.0 Å². The molecule has 0 fully saturated rings. The molecule has 1 N–H and O–H groups in total. The van der Waals surface area contributed by atoms with Gasteiger partial charge in [-0.25, -0.2) is 0 Å². The van der Waals surface area contributed by atoms with E-state index in [1.165, 1.54) is 6.08 Å². The van der Waals surface area contributed by atoms with E-state index in [1.54, 1.807) is 12.2 Å². The molecule has 0 aliphatic carbocycles. The van der Waals surface area contributed by atoms with Crippen LogP contribution in [0.2, 0.25) is 0 Å². The van der Waals surface area contributed by atoms with Crippen LogP contribution < -0.4 is 5.32 Å². The molecule has 0 bridgehead atoms. The standard InChI is InChI=1S/C8H10ClNO/c1-3-5-7(9)8(4-2)10-6-11/h3-6H,2H2,1H3,(H,10,11)/b5-3-,8-7-. The molecule has 0 aromatic carbocycles. The second-order valence-electron chi connectivity index (χ2n) is 1.73. The van der Waals surface area contributed by atoms with E-state index in [2.05, 4.69) is 11.9 Å². The van der Waals surface area contributed by atoms with Gasteiger partial charge in [0.15, 0.2) is 0 Å². The molecule has 0 heterocycles. The Morgan fingerprint density at radius 1 is 1.64 bits per heavy atom. The summed E-state index contributed by atoms with van der Waals surface area (Å²) in [6, 6.07) is 0. The van der Waals surface area contributed by atoms with Gasteiger partial charge in [-0.3, -0.25) is 4.79 Å². The van der Waals surface area contributed by atoms with Crippen LogP contribution in [0, 0.1) is 0 Å². The first-order chi connectivity index (χ1) is 5.26. The lowest BCUT2D eigenvalue weighted by Crippen LogP contribution is -2.08. The van der Waals surface area contributed by atoms with E-state index in [4.69, 9.17) is 11.6 Å². The molecule has 0 aliphatic rings. The molecule has 0 aliphatic heterocycles. The zero-order valence-corrected chi connectivity index (χ0v) is 7.06. The summed E-state index contributed by atoms with van der Waals surface area (Å²) in [7, 11) is 0. The summed E-state index contributed by atoms with van der Waals surface area (Å²) in [4.78, 5) is 10.0. The Labute approximate surface area is 71.2 Å². The van der Waals surface area contributed by atoms with Crippen molar-refractivity contribution in [3.63, 3.8) is 0 Å². The number of hydrogen-bond donors (Lipinski definition) is 1. The zero-order valence-electron chi connectivity index (χ0n) is 6.30. The predicted molar refractivity (Wildman–Crippen MR) is 47.1 cm³/mol. The third-order valence-corrected chi connectivity index (χ3v) is 1.32. The Kier molecular flexibility index (Phi) is 5.21. The summed E-state index contributed by atoms with van der Waals surface area (Å²) >= 11 is 5.73. The Morgan fingerprint density at radius 3 is 2.64 bits per heavy atom. The molecular formula is C8H10ClNO. The van der Waals surface area contributed by atoms with Crippen LogP contribution in [0.3, 0.4) is 0 Å². The van der Waals surface area contributed by atoms with Crippen LogP contribution in [0.4, 0.5) is 0 Å². The van der Waals surface area contributed by atoms with Gasteiger partial charge in [0.1, 0.15) is 0 Å².